The molecule has 0 aliphatic carbocycles. The molecule has 0 radical (unpaired) electrons. The molecular weight excluding hydrogens is 302 g/mol. The maximum Gasteiger partial charge on any atom is 0.334 e. The fraction of sp³-hybridized carbons (Fsp3) is 0.500. The summed E-state index contributed by atoms with van der Waals surface area (Å²) in [6, 6.07) is 9.77. The minimum Gasteiger partial charge on any atom is -0.479 e. The zero-order valence-electron chi connectivity index (χ0n) is 12.8. The van der Waals surface area contributed by atoms with Crippen LogP contribution in [0.5, 0.6) is 0 Å². The molecule has 5 nitrogen and oxygen atoms in total. The highest BCUT2D eigenvalue weighted by Gasteiger charge is 2.35. The quantitative estimate of drug-likeness (QED) is 0.842. The Morgan fingerprint density at radius 3 is 2.64 bits per heavy atom. The Bertz CT molecular complexity index is 522. The van der Waals surface area contributed by atoms with Crippen LogP contribution >= 0.6 is 11.8 Å². The van der Waals surface area contributed by atoms with Gasteiger partial charge in [-0.25, -0.2) is 4.79 Å². The number of thioether (sulfide) groups is 1. The Labute approximate surface area is 134 Å². The minimum atomic E-state index is -1.02. The lowest BCUT2D eigenvalue weighted by Gasteiger charge is -2.36. The van der Waals surface area contributed by atoms with Crippen LogP contribution in [0, 0.1) is 0 Å². The van der Waals surface area contributed by atoms with E-state index in [1.54, 1.807) is 11.8 Å². The van der Waals surface area contributed by atoms with Crippen molar-refractivity contribution in [1.82, 2.24) is 4.90 Å². The highest BCUT2D eigenvalue weighted by Crippen LogP contribution is 2.27. The number of carboxylic acid groups (broad SMARTS) is 1. The van der Waals surface area contributed by atoms with E-state index in [0.29, 0.717) is 13.0 Å². The van der Waals surface area contributed by atoms with Crippen molar-refractivity contribution in [3.63, 3.8) is 0 Å². The van der Waals surface area contributed by atoms with E-state index in [2.05, 4.69) is 0 Å². The number of hydrogen-bond donors (Lipinski definition) is 1. The molecule has 22 heavy (non-hydrogen) atoms. The molecule has 3 atom stereocenters. The fourth-order valence-corrected chi connectivity index (χ4v) is 3.50. The van der Waals surface area contributed by atoms with E-state index in [1.165, 1.54) is 11.8 Å². The molecule has 0 bridgehead atoms. The van der Waals surface area contributed by atoms with Crippen LogP contribution in [0.1, 0.15) is 20.3 Å². The topological polar surface area (TPSA) is 66.8 Å². The molecule has 1 saturated heterocycles. The van der Waals surface area contributed by atoms with Crippen LogP contribution < -0.4 is 0 Å². The van der Waals surface area contributed by atoms with Crippen LogP contribution in [-0.2, 0) is 14.3 Å². The van der Waals surface area contributed by atoms with Gasteiger partial charge in [-0.05, 0) is 25.5 Å². The van der Waals surface area contributed by atoms with Gasteiger partial charge in [-0.15, -0.1) is 11.8 Å². The number of hydrogen-bond acceptors (Lipinski definition) is 4. The first-order valence-corrected chi connectivity index (χ1v) is 8.28. The van der Waals surface area contributed by atoms with Crippen molar-refractivity contribution in [2.24, 2.45) is 0 Å². The summed E-state index contributed by atoms with van der Waals surface area (Å²) < 4.78 is 5.36. The number of carboxylic acids is 1. The molecule has 2 unspecified atom stereocenters. The van der Waals surface area contributed by atoms with Gasteiger partial charge < -0.3 is 14.7 Å². The molecule has 0 aromatic heterocycles. The van der Waals surface area contributed by atoms with Crippen LogP contribution in [0.3, 0.4) is 0 Å². The number of carbonyl (C=O) groups is 2. The maximum absolute atomic E-state index is 12.7. The molecule has 1 aliphatic heterocycles. The minimum absolute atomic E-state index is 0.0160. The van der Waals surface area contributed by atoms with Gasteiger partial charge in [0.25, 0.3) is 0 Å². The fourth-order valence-electron chi connectivity index (χ4n) is 2.44. The number of ether oxygens (including phenoxy) is 1. The van der Waals surface area contributed by atoms with Gasteiger partial charge in [-0.1, -0.05) is 25.1 Å². The summed E-state index contributed by atoms with van der Waals surface area (Å²) in [4.78, 5) is 26.5. The molecule has 2 rings (SSSR count). The Morgan fingerprint density at radius 2 is 2.05 bits per heavy atom. The summed E-state index contributed by atoms with van der Waals surface area (Å²) in [5.74, 6) is -1.04. The number of morpholine rings is 1. The van der Waals surface area contributed by atoms with Crippen molar-refractivity contribution < 1.29 is 19.4 Å². The van der Waals surface area contributed by atoms with Crippen LogP contribution in [0.4, 0.5) is 0 Å². The standard InChI is InChI=1S/C16H21NO4S/c1-3-14(22-12-7-5-4-6-8-12)15(18)17-9-11(2)21-13(10-17)16(19)20/h4-8,11,13-14H,3,9-10H2,1-2H3,(H,19,20)/t11-,13?,14?/m1/s1. The zero-order valence-corrected chi connectivity index (χ0v) is 13.6. The average Bonchev–Trinajstić information content (AvgIpc) is 2.52. The summed E-state index contributed by atoms with van der Waals surface area (Å²) in [6.45, 7) is 4.32. The van der Waals surface area contributed by atoms with Gasteiger partial charge in [0.05, 0.1) is 17.9 Å². The molecular formula is C16H21NO4S. The van der Waals surface area contributed by atoms with Crippen molar-refractivity contribution in [2.45, 2.75) is 42.6 Å². The van der Waals surface area contributed by atoms with Gasteiger partial charge >= 0.3 is 5.97 Å². The van der Waals surface area contributed by atoms with Crippen LogP contribution in [-0.4, -0.2) is 52.4 Å². The average molecular weight is 323 g/mol. The van der Waals surface area contributed by atoms with Crippen LogP contribution in [0.15, 0.2) is 35.2 Å². The van der Waals surface area contributed by atoms with Crippen molar-refractivity contribution in [3.05, 3.63) is 30.3 Å². The van der Waals surface area contributed by atoms with E-state index < -0.39 is 12.1 Å². The van der Waals surface area contributed by atoms with Crippen LogP contribution in [0.25, 0.3) is 0 Å². The molecule has 6 heteroatoms. The third-order valence-corrected chi connectivity index (χ3v) is 4.88. The predicted molar refractivity (Wildman–Crippen MR) is 84.9 cm³/mol. The second kappa shape index (κ2) is 7.65. The highest BCUT2D eigenvalue weighted by atomic mass is 32.2. The molecule has 1 heterocycles. The first kappa shape index (κ1) is 16.8. The summed E-state index contributed by atoms with van der Waals surface area (Å²) >= 11 is 1.52. The third-order valence-electron chi connectivity index (χ3n) is 3.52. The summed E-state index contributed by atoms with van der Waals surface area (Å²) in [5, 5.41) is 8.91. The van der Waals surface area contributed by atoms with Crippen LogP contribution in [0.2, 0.25) is 0 Å². The highest BCUT2D eigenvalue weighted by molar-refractivity contribution is 8.00. The van der Waals surface area contributed by atoms with Gasteiger partial charge in [0.2, 0.25) is 5.91 Å². The largest absolute Gasteiger partial charge is 0.479 e. The second-order valence-electron chi connectivity index (χ2n) is 5.34. The second-order valence-corrected chi connectivity index (χ2v) is 6.62. The molecule has 0 saturated carbocycles. The summed E-state index contributed by atoms with van der Waals surface area (Å²) in [6.07, 6.45) is -0.507. The summed E-state index contributed by atoms with van der Waals surface area (Å²) in [7, 11) is 0. The first-order valence-electron chi connectivity index (χ1n) is 7.40. The maximum atomic E-state index is 12.7. The van der Waals surface area contributed by atoms with Gasteiger partial charge in [-0.3, -0.25) is 4.79 Å². The molecule has 1 aromatic rings. The zero-order chi connectivity index (χ0) is 16.1. The predicted octanol–water partition coefficient (Wildman–Crippen LogP) is 2.26. The molecule has 1 N–H and O–H groups in total. The number of rotatable bonds is 5. The van der Waals surface area contributed by atoms with Crippen molar-refractivity contribution in [1.29, 1.82) is 0 Å². The van der Waals surface area contributed by atoms with E-state index in [1.807, 2.05) is 37.3 Å². The van der Waals surface area contributed by atoms with Crippen molar-refractivity contribution >= 4 is 23.6 Å². The Kier molecular flexibility index (Phi) is 5.85. The molecule has 1 amide bonds. The lowest BCUT2D eigenvalue weighted by Crippen LogP contribution is -2.53. The first-order chi connectivity index (χ1) is 10.5. The van der Waals surface area contributed by atoms with Gasteiger partial charge in [0, 0.05) is 11.4 Å². The Hall–Kier alpha value is -1.53. The lowest BCUT2D eigenvalue weighted by molar-refractivity contribution is -0.166. The number of aliphatic carboxylic acids is 1. The number of carbonyl (C=O) groups excluding carboxylic acids is 1. The van der Waals surface area contributed by atoms with E-state index in [0.717, 1.165) is 4.90 Å². The Balaban J connectivity index is 2.05. The number of amides is 1. The van der Waals surface area contributed by atoms with E-state index in [9.17, 15) is 9.59 Å². The summed E-state index contributed by atoms with van der Waals surface area (Å²) in [5.41, 5.74) is 0. The van der Waals surface area contributed by atoms with E-state index in [4.69, 9.17) is 9.84 Å². The molecule has 1 aromatic carbocycles. The van der Waals surface area contributed by atoms with Crippen molar-refractivity contribution in [2.75, 3.05) is 13.1 Å². The third kappa shape index (κ3) is 4.24. The Morgan fingerprint density at radius 1 is 1.36 bits per heavy atom. The smallest absolute Gasteiger partial charge is 0.334 e. The van der Waals surface area contributed by atoms with Gasteiger partial charge in [-0.2, -0.15) is 0 Å². The molecule has 120 valence electrons. The number of nitrogens with zero attached hydrogens (tertiary/aromatic N) is 1. The van der Waals surface area contributed by atoms with Gasteiger partial charge in [0.15, 0.2) is 6.10 Å². The van der Waals surface area contributed by atoms with E-state index in [-0.39, 0.29) is 23.8 Å². The molecule has 0 spiro atoms. The normalized spacial score (nSPS) is 23.1. The number of benzene rings is 1. The molecule has 1 aliphatic rings. The van der Waals surface area contributed by atoms with Crippen molar-refractivity contribution in [3.8, 4) is 0 Å². The van der Waals surface area contributed by atoms with Gasteiger partial charge in [0.1, 0.15) is 0 Å². The van der Waals surface area contributed by atoms with E-state index >= 15 is 0 Å². The lowest BCUT2D eigenvalue weighted by atomic mass is 10.2. The molecule has 1 fully saturated rings. The SMILES string of the molecule is CCC(Sc1ccccc1)C(=O)N1CC(C(=O)O)O[C@H](C)C1. The monoisotopic (exact) mass is 323 g/mol.